The lowest BCUT2D eigenvalue weighted by atomic mass is 10.2. The van der Waals surface area contributed by atoms with Crippen LogP contribution in [0.2, 0.25) is 0 Å². The molecule has 0 spiro atoms. The van der Waals surface area contributed by atoms with Crippen LogP contribution in [0, 0.1) is 6.92 Å². The second kappa shape index (κ2) is 6.02. The van der Waals surface area contributed by atoms with Gasteiger partial charge in [0, 0.05) is 0 Å². The number of aryl methyl sites for hydroxylation is 1. The number of benzene rings is 1. The highest BCUT2D eigenvalue weighted by Gasteiger charge is 2.20. The van der Waals surface area contributed by atoms with Crippen molar-refractivity contribution in [3.8, 4) is 0 Å². The lowest BCUT2D eigenvalue weighted by Gasteiger charge is -2.23. The molecule has 0 bridgehead atoms. The molecule has 4 nitrogen and oxygen atoms in total. The maximum absolute atomic E-state index is 12.0. The second-order valence-electron chi connectivity index (χ2n) is 3.95. The van der Waals surface area contributed by atoms with Gasteiger partial charge >= 0.3 is 0 Å². The van der Waals surface area contributed by atoms with Gasteiger partial charge in [-0.15, -0.1) is 0 Å². The average Bonchev–Trinajstić information content (AvgIpc) is 2.25. The molecule has 0 heterocycles. The molecule has 0 atom stereocenters. The molecule has 1 aromatic carbocycles. The second-order valence-corrected chi connectivity index (χ2v) is 5.96. The largest absolute Gasteiger partial charge is 0.394 e. The lowest BCUT2D eigenvalue weighted by Crippen LogP contribution is -2.35. The molecule has 0 radical (unpaired) electrons. The third kappa shape index (κ3) is 3.71. The minimum absolute atomic E-state index is 0.0982. The fourth-order valence-electron chi connectivity index (χ4n) is 1.67. The quantitative estimate of drug-likeness (QED) is 0.841. The summed E-state index contributed by atoms with van der Waals surface area (Å²) < 4.78 is 25.4. The molecule has 0 saturated carbocycles. The Kier molecular flexibility index (Phi) is 4.96. The molecule has 0 aliphatic carbocycles. The summed E-state index contributed by atoms with van der Waals surface area (Å²) in [4.78, 5) is 0. The first-order valence-electron chi connectivity index (χ1n) is 5.69. The molecule has 0 aliphatic rings. The summed E-state index contributed by atoms with van der Waals surface area (Å²) in [5, 5.41) is 8.99. The van der Waals surface area contributed by atoms with Crippen LogP contribution < -0.4 is 4.31 Å². The molecule has 1 N–H and O–H groups in total. The molecule has 0 unspecified atom stereocenters. The van der Waals surface area contributed by atoms with E-state index in [2.05, 4.69) is 0 Å². The average molecular weight is 257 g/mol. The van der Waals surface area contributed by atoms with Crippen LogP contribution in [-0.4, -0.2) is 32.4 Å². The van der Waals surface area contributed by atoms with Crippen LogP contribution >= 0.6 is 0 Å². The number of aliphatic hydroxyl groups excluding tert-OH is 1. The molecule has 0 aliphatic heterocycles. The Morgan fingerprint density at radius 1 is 1.35 bits per heavy atom. The zero-order chi connectivity index (χ0) is 12.9. The van der Waals surface area contributed by atoms with Crippen LogP contribution in [0.5, 0.6) is 0 Å². The van der Waals surface area contributed by atoms with Crippen LogP contribution in [0.15, 0.2) is 24.3 Å². The van der Waals surface area contributed by atoms with Gasteiger partial charge in [0.2, 0.25) is 10.0 Å². The maximum atomic E-state index is 12.0. The van der Waals surface area contributed by atoms with Gasteiger partial charge in [-0.05, 0) is 31.0 Å². The fourth-order valence-corrected chi connectivity index (χ4v) is 3.20. The van der Waals surface area contributed by atoms with Gasteiger partial charge in [-0.2, -0.15) is 0 Å². The predicted molar refractivity (Wildman–Crippen MR) is 69.7 cm³/mol. The summed E-state index contributed by atoms with van der Waals surface area (Å²) in [7, 11) is -3.33. The van der Waals surface area contributed by atoms with E-state index in [1.165, 1.54) is 4.31 Å². The predicted octanol–water partition coefficient (Wildman–Crippen LogP) is 1.53. The Morgan fingerprint density at radius 2 is 2.06 bits per heavy atom. The number of hydrogen-bond acceptors (Lipinski definition) is 3. The summed E-state index contributed by atoms with van der Waals surface area (Å²) in [6, 6.07) is 7.28. The van der Waals surface area contributed by atoms with Crippen molar-refractivity contribution in [2.24, 2.45) is 0 Å². The van der Waals surface area contributed by atoms with E-state index < -0.39 is 10.0 Å². The van der Waals surface area contributed by atoms with Crippen LogP contribution in [0.1, 0.15) is 18.9 Å². The van der Waals surface area contributed by atoms with Crippen LogP contribution in [0.3, 0.4) is 0 Å². The SMILES string of the molecule is CCCS(=O)(=O)N(CCO)c1cccc(C)c1. The van der Waals surface area contributed by atoms with Gasteiger partial charge in [-0.25, -0.2) is 8.42 Å². The smallest absolute Gasteiger partial charge is 0.235 e. The van der Waals surface area contributed by atoms with Crippen LogP contribution in [0.4, 0.5) is 5.69 Å². The van der Waals surface area contributed by atoms with Gasteiger partial charge in [0.25, 0.3) is 0 Å². The van der Waals surface area contributed by atoms with Crippen molar-refractivity contribution in [3.05, 3.63) is 29.8 Å². The summed E-state index contributed by atoms with van der Waals surface area (Å²) in [6.45, 7) is 3.65. The molecule has 1 aromatic rings. The molecule has 0 amide bonds. The van der Waals surface area contributed by atoms with E-state index in [1.54, 1.807) is 6.07 Å². The van der Waals surface area contributed by atoms with E-state index >= 15 is 0 Å². The Bertz CT molecular complexity index is 457. The normalized spacial score (nSPS) is 11.5. The van der Waals surface area contributed by atoms with E-state index in [1.807, 2.05) is 32.0 Å². The van der Waals surface area contributed by atoms with Crippen LogP contribution in [0.25, 0.3) is 0 Å². The maximum Gasteiger partial charge on any atom is 0.235 e. The Hall–Kier alpha value is -1.07. The highest BCUT2D eigenvalue weighted by Crippen LogP contribution is 2.19. The summed E-state index contributed by atoms with van der Waals surface area (Å²) in [6.07, 6.45) is 0.566. The highest BCUT2D eigenvalue weighted by molar-refractivity contribution is 7.92. The van der Waals surface area contributed by atoms with Gasteiger partial charge in [-0.1, -0.05) is 19.1 Å². The van der Waals surface area contributed by atoms with E-state index in [-0.39, 0.29) is 18.9 Å². The Labute approximate surface area is 103 Å². The summed E-state index contributed by atoms with van der Waals surface area (Å²) in [5.74, 6) is 0.0982. The topological polar surface area (TPSA) is 57.6 Å². The number of anilines is 1. The van der Waals surface area contributed by atoms with Crippen molar-refractivity contribution in [2.45, 2.75) is 20.3 Å². The number of aliphatic hydroxyl groups is 1. The van der Waals surface area contributed by atoms with E-state index in [9.17, 15) is 8.42 Å². The highest BCUT2D eigenvalue weighted by atomic mass is 32.2. The lowest BCUT2D eigenvalue weighted by molar-refractivity contribution is 0.306. The third-order valence-corrected chi connectivity index (χ3v) is 4.38. The fraction of sp³-hybridized carbons (Fsp3) is 0.500. The van der Waals surface area contributed by atoms with Gasteiger partial charge in [0.05, 0.1) is 24.6 Å². The van der Waals surface area contributed by atoms with Gasteiger partial charge in [0.1, 0.15) is 0 Å². The Balaban J connectivity index is 3.09. The first-order chi connectivity index (χ1) is 8.01. The van der Waals surface area contributed by atoms with E-state index in [0.29, 0.717) is 12.1 Å². The minimum atomic E-state index is -3.33. The molecular formula is C12H19NO3S. The van der Waals surface area contributed by atoms with E-state index in [4.69, 9.17) is 5.11 Å². The molecule has 1 rings (SSSR count). The van der Waals surface area contributed by atoms with Gasteiger partial charge in [-0.3, -0.25) is 4.31 Å². The third-order valence-electron chi connectivity index (χ3n) is 2.39. The molecule has 0 saturated heterocycles. The molecule has 0 aromatic heterocycles. The molecule has 5 heteroatoms. The molecular weight excluding hydrogens is 238 g/mol. The van der Waals surface area contributed by atoms with Crippen molar-refractivity contribution < 1.29 is 13.5 Å². The minimum Gasteiger partial charge on any atom is -0.394 e. The first-order valence-corrected chi connectivity index (χ1v) is 7.30. The number of rotatable bonds is 6. The van der Waals surface area contributed by atoms with Crippen molar-refractivity contribution in [3.63, 3.8) is 0 Å². The van der Waals surface area contributed by atoms with Gasteiger partial charge in [0.15, 0.2) is 0 Å². The van der Waals surface area contributed by atoms with Crippen molar-refractivity contribution in [1.29, 1.82) is 0 Å². The number of nitrogens with zero attached hydrogens (tertiary/aromatic N) is 1. The molecule has 96 valence electrons. The first kappa shape index (κ1) is 14.0. The van der Waals surface area contributed by atoms with Crippen molar-refractivity contribution in [2.75, 3.05) is 23.2 Å². The van der Waals surface area contributed by atoms with Gasteiger partial charge < -0.3 is 5.11 Å². The van der Waals surface area contributed by atoms with E-state index in [0.717, 1.165) is 5.56 Å². The zero-order valence-electron chi connectivity index (χ0n) is 10.3. The molecule has 0 fully saturated rings. The standard InChI is InChI=1S/C12H19NO3S/c1-3-9-17(15,16)13(7-8-14)12-6-4-5-11(2)10-12/h4-6,10,14H,3,7-9H2,1-2H3. The van der Waals surface area contributed by atoms with Crippen molar-refractivity contribution in [1.82, 2.24) is 0 Å². The summed E-state index contributed by atoms with van der Waals surface area (Å²) >= 11 is 0. The van der Waals surface area contributed by atoms with Crippen molar-refractivity contribution >= 4 is 15.7 Å². The molecule has 17 heavy (non-hydrogen) atoms. The zero-order valence-corrected chi connectivity index (χ0v) is 11.1. The summed E-state index contributed by atoms with van der Waals surface area (Å²) in [5.41, 5.74) is 1.62. The Morgan fingerprint density at radius 3 is 2.59 bits per heavy atom. The number of hydrogen-bond donors (Lipinski definition) is 1. The van der Waals surface area contributed by atoms with Crippen LogP contribution in [-0.2, 0) is 10.0 Å². The number of sulfonamides is 1. The monoisotopic (exact) mass is 257 g/mol.